The first-order valence-corrected chi connectivity index (χ1v) is 5.39. The predicted octanol–water partition coefficient (Wildman–Crippen LogP) is 3.34. The molecule has 0 aliphatic heterocycles. The van der Waals surface area contributed by atoms with E-state index >= 15 is 0 Å². The summed E-state index contributed by atoms with van der Waals surface area (Å²) in [5.41, 5.74) is 0.274. The van der Waals surface area contributed by atoms with Gasteiger partial charge in [0.15, 0.2) is 0 Å². The molecule has 0 unspecified atom stereocenters. The van der Waals surface area contributed by atoms with E-state index in [2.05, 4.69) is 0 Å². The van der Waals surface area contributed by atoms with Crippen molar-refractivity contribution in [2.24, 2.45) is 0 Å². The summed E-state index contributed by atoms with van der Waals surface area (Å²) >= 11 is 0. The van der Waals surface area contributed by atoms with E-state index in [9.17, 15) is 13.6 Å². The molecule has 0 aromatic heterocycles. The molecule has 0 spiro atoms. The topological polar surface area (TPSA) is 46.5 Å². The van der Waals surface area contributed by atoms with Crippen LogP contribution in [0, 0.1) is 11.6 Å². The number of carboxylic acid groups (broad SMARTS) is 1. The van der Waals surface area contributed by atoms with Gasteiger partial charge < -0.3 is 9.84 Å². The predicted molar refractivity (Wildman–Crippen MR) is 65.3 cm³/mol. The smallest absolute Gasteiger partial charge is 0.338 e. The molecule has 98 valence electrons. The first-order valence-electron chi connectivity index (χ1n) is 5.39. The van der Waals surface area contributed by atoms with Gasteiger partial charge in [-0.2, -0.15) is 0 Å². The van der Waals surface area contributed by atoms with Crippen LogP contribution in [0.15, 0.2) is 36.4 Å². The first kappa shape index (κ1) is 13.0. The van der Waals surface area contributed by atoms with Crippen molar-refractivity contribution in [3.05, 3.63) is 53.6 Å². The summed E-state index contributed by atoms with van der Waals surface area (Å²) in [6.45, 7) is 0. The normalized spacial score (nSPS) is 10.3. The Morgan fingerprint density at radius 3 is 2.47 bits per heavy atom. The van der Waals surface area contributed by atoms with Gasteiger partial charge in [0.2, 0.25) is 0 Å². The molecule has 2 aromatic carbocycles. The van der Waals surface area contributed by atoms with Crippen molar-refractivity contribution in [2.45, 2.75) is 0 Å². The summed E-state index contributed by atoms with van der Waals surface area (Å²) in [5.74, 6) is -2.34. The highest BCUT2D eigenvalue weighted by Gasteiger charge is 2.13. The lowest BCUT2D eigenvalue weighted by atomic mass is 10.0. The van der Waals surface area contributed by atoms with Crippen molar-refractivity contribution < 1.29 is 23.4 Å². The molecule has 3 nitrogen and oxygen atoms in total. The lowest BCUT2D eigenvalue weighted by molar-refractivity contribution is 0.0692. The molecule has 2 aromatic rings. The number of hydrogen-bond donors (Lipinski definition) is 1. The molecule has 0 heterocycles. The van der Waals surface area contributed by atoms with Gasteiger partial charge in [0, 0.05) is 5.56 Å². The zero-order chi connectivity index (χ0) is 14.0. The van der Waals surface area contributed by atoms with Crippen molar-refractivity contribution in [2.75, 3.05) is 7.11 Å². The third-order valence-electron chi connectivity index (χ3n) is 2.67. The van der Waals surface area contributed by atoms with Crippen molar-refractivity contribution in [1.29, 1.82) is 0 Å². The number of ether oxygens (including phenoxy) is 1. The SMILES string of the molecule is COc1ccc(F)cc1-c1ccc(C(=O)O)c(F)c1. The number of methoxy groups -OCH3 is 1. The number of rotatable bonds is 3. The fraction of sp³-hybridized carbons (Fsp3) is 0.0714. The standard InChI is InChI=1S/C14H10F2O3/c1-19-13-5-3-9(15)7-11(13)8-2-4-10(14(17)18)12(16)6-8/h2-7H,1H3,(H,17,18). The van der Waals surface area contributed by atoms with Crippen molar-refractivity contribution in [3.8, 4) is 16.9 Å². The lowest BCUT2D eigenvalue weighted by Gasteiger charge is -2.09. The van der Waals surface area contributed by atoms with Crippen molar-refractivity contribution in [3.63, 3.8) is 0 Å². The highest BCUT2D eigenvalue weighted by atomic mass is 19.1. The average Bonchev–Trinajstić information content (AvgIpc) is 2.38. The minimum Gasteiger partial charge on any atom is -0.496 e. The largest absolute Gasteiger partial charge is 0.496 e. The van der Waals surface area contributed by atoms with Gasteiger partial charge >= 0.3 is 5.97 Å². The summed E-state index contributed by atoms with van der Waals surface area (Å²) in [6, 6.07) is 7.44. The molecule has 0 saturated heterocycles. The van der Waals surface area contributed by atoms with Gasteiger partial charge in [-0.05, 0) is 35.9 Å². The van der Waals surface area contributed by atoms with Crippen LogP contribution in [0.3, 0.4) is 0 Å². The fourth-order valence-electron chi connectivity index (χ4n) is 1.76. The van der Waals surface area contributed by atoms with Crippen LogP contribution in [0.1, 0.15) is 10.4 Å². The van der Waals surface area contributed by atoms with Crippen LogP contribution in [-0.4, -0.2) is 18.2 Å². The Morgan fingerprint density at radius 2 is 1.89 bits per heavy atom. The molecule has 19 heavy (non-hydrogen) atoms. The van der Waals surface area contributed by atoms with Crippen molar-refractivity contribution >= 4 is 5.97 Å². The summed E-state index contributed by atoms with van der Waals surface area (Å²) in [5, 5.41) is 8.75. The molecule has 0 radical (unpaired) electrons. The van der Waals surface area contributed by atoms with Crippen molar-refractivity contribution in [1.82, 2.24) is 0 Å². The third kappa shape index (κ3) is 2.54. The summed E-state index contributed by atoms with van der Waals surface area (Å²) in [4.78, 5) is 10.7. The molecule has 2 rings (SSSR count). The van der Waals surface area contributed by atoms with E-state index in [1.165, 1.54) is 31.4 Å². The van der Waals surface area contributed by atoms with Gasteiger partial charge in [0.05, 0.1) is 12.7 Å². The molecule has 0 aliphatic rings. The Morgan fingerprint density at radius 1 is 1.16 bits per heavy atom. The molecule has 0 atom stereocenters. The molecule has 0 bridgehead atoms. The summed E-state index contributed by atoms with van der Waals surface area (Å²) in [7, 11) is 1.42. The lowest BCUT2D eigenvalue weighted by Crippen LogP contribution is -2.00. The van der Waals surface area contributed by atoms with Crippen LogP contribution in [-0.2, 0) is 0 Å². The molecule has 5 heteroatoms. The minimum absolute atomic E-state index is 0.346. The number of carboxylic acids is 1. The second kappa shape index (κ2) is 5.06. The second-order valence-corrected chi connectivity index (χ2v) is 3.84. The first-order chi connectivity index (χ1) is 9.02. The van der Waals surface area contributed by atoms with Gasteiger partial charge in [-0.1, -0.05) is 6.07 Å². The van der Waals surface area contributed by atoms with Crippen LogP contribution in [0.4, 0.5) is 8.78 Å². The average molecular weight is 264 g/mol. The summed E-state index contributed by atoms with van der Waals surface area (Å²) < 4.78 is 31.9. The van der Waals surface area contributed by atoms with E-state index in [1.54, 1.807) is 0 Å². The van der Waals surface area contributed by atoms with E-state index in [4.69, 9.17) is 9.84 Å². The monoisotopic (exact) mass is 264 g/mol. The van der Waals surface area contributed by atoms with Crippen LogP contribution in [0.25, 0.3) is 11.1 Å². The Kier molecular flexibility index (Phi) is 3.46. The number of halogens is 2. The van der Waals surface area contributed by atoms with Crippen LogP contribution in [0.5, 0.6) is 5.75 Å². The molecule has 0 amide bonds. The minimum atomic E-state index is -1.35. The molecular formula is C14H10F2O3. The Bertz CT molecular complexity index is 639. The van der Waals surface area contributed by atoms with Gasteiger partial charge in [-0.3, -0.25) is 0 Å². The van der Waals surface area contributed by atoms with E-state index < -0.39 is 23.2 Å². The number of aromatic carboxylic acids is 1. The molecule has 0 saturated carbocycles. The van der Waals surface area contributed by atoms with E-state index in [0.29, 0.717) is 16.9 Å². The molecule has 0 fully saturated rings. The Balaban J connectivity index is 2.56. The van der Waals surface area contributed by atoms with Gasteiger partial charge in [0.25, 0.3) is 0 Å². The zero-order valence-electron chi connectivity index (χ0n) is 9.98. The zero-order valence-corrected chi connectivity index (χ0v) is 9.98. The van der Waals surface area contributed by atoms with E-state index in [-0.39, 0.29) is 0 Å². The maximum absolute atomic E-state index is 13.6. The summed E-state index contributed by atoms with van der Waals surface area (Å²) in [6.07, 6.45) is 0. The number of carbonyl (C=O) groups is 1. The van der Waals surface area contributed by atoms with Gasteiger partial charge in [0.1, 0.15) is 17.4 Å². The highest BCUT2D eigenvalue weighted by Crippen LogP contribution is 2.31. The maximum Gasteiger partial charge on any atom is 0.338 e. The second-order valence-electron chi connectivity index (χ2n) is 3.84. The van der Waals surface area contributed by atoms with Crippen LogP contribution < -0.4 is 4.74 Å². The Hall–Kier alpha value is -2.43. The van der Waals surface area contributed by atoms with Crippen LogP contribution >= 0.6 is 0 Å². The van der Waals surface area contributed by atoms with Gasteiger partial charge in [-0.25, -0.2) is 13.6 Å². The number of hydrogen-bond acceptors (Lipinski definition) is 2. The maximum atomic E-state index is 13.6. The fourth-order valence-corrected chi connectivity index (χ4v) is 1.76. The Labute approximate surface area is 108 Å². The molecule has 1 N–H and O–H groups in total. The molecule has 0 aliphatic carbocycles. The highest BCUT2D eigenvalue weighted by molar-refractivity contribution is 5.89. The third-order valence-corrected chi connectivity index (χ3v) is 2.67. The quantitative estimate of drug-likeness (QED) is 0.924. The van der Waals surface area contributed by atoms with E-state index in [1.807, 2.05) is 0 Å². The van der Waals surface area contributed by atoms with E-state index in [0.717, 1.165) is 12.1 Å². The number of benzene rings is 2. The van der Waals surface area contributed by atoms with Gasteiger partial charge in [-0.15, -0.1) is 0 Å². The molecular weight excluding hydrogens is 254 g/mol. The van der Waals surface area contributed by atoms with Crippen LogP contribution in [0.2, 0.25) is 0 Å².